The minimum atomic E-state index is -4.65. The van der Waals surface area contributed by atoms with Gasteiger partial charge in [0.2, 0.25) is 15.9 Å². The quantitative estimate of drug-likeness (QED) is 0.832. The third-order valence-electron chi connectivity index (χ3n) is 4.04. The molecule has 0 aliphatic heterocycles. The van der Waals surface area contributed by atoms with Gasteiger partial charge in [-0.05, 0) is 43.2 Å². The lowest BCUT2D eigenvalue weighted by molar-refractivity contribution is -0.137. The van der Waals surface area contributed by atoms with Gasteiger partial charge in [0, 0.05) is 0 Å². The minimum Gasteiger partial charge on any atom is -0.324 e. The van der Waals surface area contributed by atoms with E-state index >= 15 is 0 Å². The average Bonchev–Trinajstić information content (AvgIpc) is 2.54. The van der Waals surface area contributed by atoms with Crippen LogP contribution in [0.5, 0.6) is 0 Å². The van der Waals surface area contributed by atoms with Gasteiger partial charge < -0.3 is 5.32 Å². The van der Waals surface area contributed by atoms with Crippen LogP contribution in [0, 0.1) is 13.8 Å². The molecule has 1 N–H and O–H groups in total. The van der Waals surface area contributed by atoms with Crippen molar-refractivity contribution in [2.24, 2.45) is 0 Å². The molecule has 2 aromatic carbocycles. The maximum atomic E-state index is 13.1. The summed E-state index contributed by atoms with van der Waals surface area (Å²) in [6.07, 6.45) is -3.71. The molecule has 0 saturated carbocycles. The zero-order chi connectivity index (χ0) is 20.4. The first-order chi connectivity index (χ1) is 12.4. The van der Waals surface area contributed by atoms with Crippen LogP contribution in [0.2, 0.25) is 0 Å². The normalized spacial score (nSPS) is 11.9. The molecule has 0 aromatic heterocycles. The molecule has 0 aliphatic rings. The first kappa shape index (κ1) is 20.8. The second-order valence-electron chi connectivity index (χ2n) is 6.08. The van der Waals surface area contributed by atoms with E-state index in [0.29, 0.717) is 11.3 Å². The Labute approximate surface area is 155 Å². The molecular formula is C18H19F3N2O3S. The molecule has 0 atom stereocenters. The van der Waals surface area contributed by atoms with E-state index < -0.39 is 39.9 Å². The smallest absolute Gasteiger partial charge is 0.324 e. The van der Waals surface area contributed by atoms with Crippen LogP contribution >= 0.6 is 0 Å². The highest BCUT2D eigenvalue weighted by Crippen LogP contribution is 2.34. The number of hydrogen-bond acceptors (Lipinski definition) is 3. The molecule has 9 heteroatoms. The fourth-order valence-corrected chi connectivity index (χ4v) is 3.45. The zero-order valence-electron chi connectivity index (χ0n) is 15.0. The number of carbonyl (C=O) groups is 1. The Hall–Kier alpha value is -2.55. The van der Waals surface area contributed by atoms with E-state index in [1.807, 2.05) is 0 Å². The van der Waals surface area contributed by atoms with Gasteiger partial charge in [0.25, 0.3) is 0 Å². The number of halogens is 3. The number of carbonyl (C=O) groups excluding carboxylic acids is 1. The highest BCUT2D eigenvalue weighted by molar-refractivity contribution is 7.92. The van der Waals surface area contributed by atoms with E-state index in [2.05, 4.69) is 5.32 Å². The lowest BCUT2D eigenvalue weighted by Crippen LogP contribution is -2.38. The van der Waals surface area contributed by atoms with Crippen molar-refractivity contribution in [2.45, 2.75) is 20.0 Å². The van der Waals surface area contributed by atoms with Crippen LogP contribution < -0.4 is 9.62 Å². The minimum absolute atomic E-state index is 0.303. The SMILES string of the molecule is Cc1cccc(N(CC(=O)Nc2ccccc2C(F)(F)F)S(C)(=O)=O)c1C. The second-order valence-corrected chi connectivity index (χ2v) is 7.99. The molecule has 0 spiro atoms. The molecule has 0 saturated heterocycles. The number of amides is 1. The molecule has 0 unspecified atom stereocenters. The van der Waals surface area contributed by atoms with Gasteiger partial charge in [-0.15, -0.1) is 0 Å². The van der Waals surface area contributed by atoms with Gasteiger partial charge in [-0.1, -0.05) is 24.3 Å². The van der Waals surface area contributed by atoms with Crippen LogP contribution in [0.25, 0.3) is 0 Å². The number of sulfonamides is 1. The van der Waals surface area contributed by atoms with Crippen molar-refractivity contribution in [2.75, 3.05) is 22.4 Å². The fourth-order valence-electron chi connectivity index (χ4n) is 2.55. The summed E-state index contributed by atoms with van der Waals surface area (Å²) in [5, 5.41) is 2.16. The molecule has 0 heterocycles. The third kappa shape index (κ3) is 5.00. The Bertz CT molecular complexity index is 957. The second kappa shape index (κ2) is 7.59. The van der Waals surface area contributed by atoms with Gasteiger partial charge in [0.05, 0.1) is 23.2 Å². The summed E-state index contributed by atoms with van der Waals surface area (Å²) in [5.41, 5.74) is 0.354. The molecule has 5 nitrogen and oxygen atoms in total. The number of rotatable bonds is 5. The van der Waals surface area contributed by atoms with Gasteiger partial charge in [-0.2, -0.15) is 13.2 Å². The molecular weight excluding hydrogens is 381 g/mol. The van der Waals surface area contributed by atoms with Crippen LogP contribution in [0.3, 0.4) is 0 Å². The number of benzene rings is 2. The van der Waals surface area contributed by atoms with E-state index in [1.165, 1.54) is 12.1 Å². The van der Waals surface area contributed by atoms with Crippen molar-refractivity contribution in [3.8, 4) is 0 Å². The largest absolute Gasteiger partial charge is 0.418 e. The van der Waals surface area contributed by atoms with Gasteiger partial charge in [0.1, 0.15) is 6.54 Å². The summed E-state index contributed by atoms with van der Waals surface area (Å²) in [7, 11) is -3.83. The van der Waals surface area contributed by atoms with E-state index in [0.717, 1.165) is 28.3 Å². The number of nitrogens with one attached hydrogen (secondary N) is 1. The molecule has 2 aromatic rings. The van der Waals surface area contributed by atoms with Crippen LogP contribution in [-0.4, -0.2) is 27.1 Å². The first-order valence-corrected chi connectivity index (χ1v) is 9.76. The molecule has 2 rings (SSSR count). The molecule has 146 valence electrons. The van der Waals surface area contributed by atoms with E-state index in [4.69, 9.17) is 0 Å². The third-order valence-corrected chi connectivity index (χ3v) is 5.17. The van der Waals surface area contributed by atoms with Gasteiger partial charge in [-0.3, -0.25) is 9.10 Å². The topological polar surface area (TPSA) is 66.5 Å². The molecule has 0 aliphatic carbocycles. The maximum absolute atomic E-state index is 13.1. The van der Waals surface area contributed by atoms with Crippen molar-refractivity contribution in [3.63, 3.8) is 0 Å². The van der Waals surface area contributed by atoms with Crippen LogP contribution in [0.15, 0.2) is 42.5 Å². The van der Waals surface area contributed by atoms with Crippen molar-refractivity contribution < 1.29 is 26.4 Å². The van der Waals surface area contributed by atoms with Crippen molar-refractivity contribution in [1.82, 2.24) is 0 Å². The lowest BCUT2D eigenvalue weighted by atomic mass is 10.1. The predicted molar refractivity (Wildman–Crippen MR) is 98.2 cm³/mol. The number of hydrogen-bond donors (Lipinski definition) is 1. The number of para-hydroxylation sites is 1. The van der Waals surface area contributed by atoms with Crippen LogP contribution in [-0.2, 0) is 21.0 Å². The Kier molecular flexibility index (Phi) is 5.84. The summed E-state index contributed by atoms with van der Waals surface area (Å²) in [6.45, 7) is 2.86. The Balaban J connectivity index is 2.33. The fraction of sp³-hybridized carbons (Fsp3) is 0.278. The molecule has 27 heavy (non-hydrogen) atoms. The maximum Gasteiger partial charge on any atom is 0.418 e. The molecule has 0 bridgehead atoms. The summed E-state index contributed by atoms with van der Waals surface area (Å²) in [6, 6.07) is 9.49. The summed E-state index contributed by atoms with van der Waals surface area (Å²) < 4.78 is 64.4. The van der Waals surface area contributed by atoms with E-state index in [9.17, 15) is 26.4 Å². The van der Waals surface area contributed by atoms with Gasteiger partial charge in [-0.25, -0.2) is 8.42 Å². The van der Waals surface area contributed by atoms with Gasteiger partial charge in [0.15, 0.2) is 0 Å². The molecule has 0 radical (unpaired) electrons. The van der Waals surface area contributed by atoms with Crippen LogP contribution in [0.4, 0.5) is 24.5 Å². The van der Waals surface area contributed by atoms with Crippen molar-refractivity contribution in [1.29, 1.82) is 0 Å². The number of nitrogens with zero attached hydrogens (tertiary/aromatic N) is 1. The number of alkyl halides is 3. The first-order valence-electron chi connectivity index (χ1n) is 7.91. The highest BCUT2D eigenvalue weighted by Gasteiger charge is 2.34. The Morgan fingerprint density at radius 1 is 1.07 bits per heavy atom. The van der Waals surface area contributed by atoms with E-state index in [-0.39, 0.29) is 0 Å². The number of aryl methyl sites for hydroxylation is 1. The van der Waals surface area contributed by atoms with Crippen molar-refractivity contribution in [3.05, 3.63) is 59.2 Å². The van der Waals surface area contributed by atoms with Gasteiger partial charge >= 0.3 is 6.18 Å². The summed E-state index contributed by atoms with van der Waals surface area (Å²) in [5.74, 6) is -0.877. The average molecular weight is 400 g/mol. The summed E-state index contributed by atoms with van der Waals surface area (Å²) in [4.78, 5) is 12.3. The van der Waals surface area contributed by atoms with Crippen LogP contribution in [0.1, 0.15) is 16.7 Å². The highest BCUT2D eigenvalue weighted by atomic mass is 32.2. The Morgan fingerprint density at radius 3 is 2.30 bits per heavy atom. The summed E-state index contributed by atoms with van der Waals surface area (Å²) >= 11 is 0. The monoisotopic (exact) mass is 400 g/mol. The number of anilines is 2. The Morgan fingerprint density at radius 2 is 1.70 bits per heavy atom. The zero-order valence-corrected chi connectivity index (χ0v) is 15.8. The lowest BCUT2D eigenvalue weighted by Gasteiger charge is -2.24. The molecule has 0 fully saturated rings. The van der Waals surface area contributed by atoms with E-state index in [1.54, 1.807) is 32.0 Å². The standard InChI is InChI=1S/C18H19F3N2O3S/c1-12-7-6-10-16(13(12)2)23(27(3,25)26)11-17(24)22-15-9-5-4-8-14(15)18(19,20)21/h4-10H,11H2,1-3H3,(H,22,24). The predicted octanol–water partition coefficient (Wildman–Crippen LogP) is 3.73. The molecule has 1 amide bonds. The van der Waals surface area contributed by atoms with Crippen molar-refractivity contribution >= 4 is 27.3 Å².